The quantitative estimate of drug-likeness (QED) is 0.720. The Morgan fingerprint density at radius 1 is 1.36 bits per heavy atom. The van der Waals surface area contributed by atoms with Gasteiger partial charge < -0.3 is 5.11 Å². The third-order valence-corrected chi connectivity index (χ3v) is 2.33. The van der Waals surface area contributed by atoms with Crippen molar-refractivity contribution in [2.24, 2.45) is 0 Å². The van der Waals surface area contributed by atoms with E-state index in [4.69, 9.17) is 6.42 Å². The van der Waals surface area contributed by atoms with Crippen LogP contribution in [0.5, 0.6) is 0 Å². The lowest BCUT2D eigenvalue weighted by Crippen LogP contribution is -1.96. The summed E-state index contributed by atoms with van der Waals surface area (Å²) >= 11 is 0. The fourth-order valence-electron chi connectivity index (χ4n) is 1.36. The molecule has 1 aromatic carbocycles. The maximum absolute atomic E-state index is 9.72. The smallest absolute Gasteiger partial charge is 0.0799 e. The van der Waals surface area contributed by atoms with E-state index in [9.17, 15) is 5.11 Å². The standard InChI is InChI=1S/C13H16O/c1-3-5-6-13(14)12-9-7-11(4-2)8-10-12/h1,7-10,13-14H,4-6H2,2H3. The number of aliphatic hydroxyl groups excluding tert-OH is 1. The number of aliphatic hydroxyl groups is 1. The normalized spacial score (nSPS) is 12.1. The van der Waals surface area contributed by atoms with Crippen LogP contribution >= 0.6 is 0 Å². The average Bonchev–Trinajstić information content (AvgIpc) is 2.26. The molecule has 0 bridgehead atoms. The maximum atomic E-state index is 9.72. The fourth-order valence-corrected chi connectivity index (χ4v) is 1.36. The van der Waals surface area contributed by atoms with Gasteiger partial charge in [0, 0.05) is 6.42 Å². The van der Waals surface area contributed by atoms with Crippen LogP contribution < -0.4 is 0 Å². The summed E-state index contributed by atoms with van der Waals surface area (Å²) in [5.41, 5.74) is 2.25. The Labute approximate surface area is 85.8 Å². The Bertz CT molecular complexity index is 305. The van der Waals surface area contributed by atoms with Crippen molar-refractivity contribution in [1.82, 2.24) is 0 Å². The van der Waals surface area contributed by atoms with E-state index < -0.39 is 6.10 Å². The van der Waals surface area contributed by atoms with Gasteiger partial charge >= 0.3 is 0 Å². The van der Waals surface area contributed by atoms with Crippen molar-refractivity contribution in [3.8, 4) is 12.3 Å². The molecule has 0 aliphatic carbocycles. The monoisotopic (exact) mass is 188 g/mol. The Balaban J connectivity index is 2.62. The molecule has 1 atom stereocenters. The van der Waals surface area contributed by atoms with Crippen LogP contribution in [0.1, 0.15) is 37.0 Å². The fraction of sp³-hybridized carbons (Fsp3) is 0.385. The van der Waals surface area contributed by atoms with Gasteiger partial charge in [0.05, 0.1) is 6.10 Å². The van der Waals surface area contributed by atoms with Gasteiger partial charge in [0.1, 0.15) is 0 Å². The SMILES string of the molecule is C#CCCC(O)c1ccc(CC)cc1. The summed E-state index contributed by atoms with van der Waals surface area (Å²) in [6.45, 7) is 2.11. The third kappa shape index (κ3) is 2.90. The molecule has 0 amide bonds. The summed E-state index contributed by atoms with van der Waals surface area (Å²) in [5, 5.41) is 9.72. The first kappa shape index (κ1) is 10.8. The van der Waals surface area contributed by atoms with Crippen molar-refractivity contribution in [3.63, 3.8) is 0 Å². The molecule has 0 aromatic heterocycles. The number of rotatable bonds is 4. The van der Waals surface area contributed by atoms with E-state index in [1.54, 1.807) is 0 Å². The Kier molecular flexibility index (Phi) is 4.22. The second kappa shape index (κ2) is 5.47. The van der Waals surface area contributed by atoms with Crippen LogP contribution in [0.3, 0.4) is 0 Å². The molecule has 0 radical (unpaired) electrons. The molecule has 1 N–H and O–H groups in total. The topological polar surface area (TPSA) is 20.2 Å². The first-order valence-corrected chi connectivity index (χ1v) is 4.98. The van der Waals surface area contributed by atoms with E-state index in [1.165, 1.54) is 5.56 Å². The summed E-state index contributed by atoms with van der Waals surface area (Å²) in [5.74, 6) is 2.53. The van der Waals surface area contributed by atoms with Gasteiger partial charge in [0.15, 0.2) is 0 Å². The molecule has 0 heterocycles. The van der Waals surface area contributed by atoms with Crippen LogP contribution in [0.4, 0.5) is 0 Å². The second-order valence-corrected chi connectivity index (χ2v) is 3.35. The number of benzene rings is 1. The van der Waals surface area contributed by atoms with Crippen molar-refractivity contribution in [3.05, 3.63) is 35.4 Å². The minimum Gasteiger partial charge on any atom is -0.388 e. The van der Waals surface area contributed by atoms with Crippen LogP contribution in [0.15, 0.2) is 24.3 Å². The highest BCUT2D eigenvalue weighted by Crippen LogP contribution is 2.18. The molecule has 14 heavy (non-hydrogen) atoms. The molecule has 1 unspecified atom stereocenters. The molecule has 0 saturated carbocycles. The molecule has 0 aliphatic rings. The van der Waals surface area contributed by atoms with E-state index in [2.05, 4.69) is 25.0 Å². The van der Waals surface area contributed by atoms with Crippen LogP contribution in [0.2, 0.25) is 0 Å². The van der Waals surface area contributed by atoms with Gasteiger partial charge in [-0.25, -0.2) is 0 Å². The molecule has 1 aromatic rings. The lowest BCUT2D eigenvalue weighted by atomic mass is 10.0. The molecule has 0 aliphatic heterocycles. The molecular formula is C13H16O. The lowest BCUT2D eigenvalue weighted by molar-refractivity contribution is 0.169. The Morgan fingerprint density at radius 3 is 2.50 bits per heavy atom. The van der Waals surface area contributed by atoms with Gasteiger partial charge in [-0.15, -0.1) is 12.3 Å². The van der Waals surface area contributed by atoms with Gasteiger partial charge in [-0.2, -0.15) is 0 Å². The lowest BCUT2D eigenvalue weighted by Gasteiger charge is -2.09. The van der Waals surface area contributed by atoms with E-state index in [-0.39, 0.29) is 0 Å². The Hall–Kier alpha value is -1.26. The molecule has 1 rings (SSSR count). The summed E-state index contributed by atoms with van der Waals surface area (Å²) in [7, 11) is 0. The number of aryl methyl sites for hydroxylation is 1. The average molecular weight is 188 g/mol. The van der Waals surface area contributed by atoms with Gasteiger partial charge in [-0.3, -0.25) is 0 Å². The van der Waals surface area contributed by atoms with Crippen LogP contribution in [-0.2, 0) is 6.42 Å². The van der Waals surface area contributed by atoms with Gasteiger partial charge in [-0.1, -0.05) is 31.2 Å². The van der Waals surface area contributed by atoms with E-state index in [0.717, 1.165) is 12.0 Å². The van der Waals surface area contributed by atoms with Crippen molar-refractivity contribution in [2.45, 2.75) is 32.3 Å². The minimum atomic E-state index is -0.419. The van der Waals surface area contributed by atoms with Crippen LogP contribution in [-0.4, -0.2) is 5.11 Å². The molecule has 0 spiro atoms. The maximum Gasteiger partial charge on any atom is 0.0799 e. The summed E-state index contributed by atoms with van der Waals surface area (Å²) in [6, 6.07) is 8.04. The zero-order valence-corrected chi connectivity index (χ0v) is 8.53. The summed E-state index contributed by atoms with van der Waals surface area (Å²) in [4.78, 5) is 0. The number of hydrogen-bond donors (Lipinski definition) is 1. The summed E-state index contributed by atoms with van der Waals surface area (Å²) in [6.07, 6.45) is 7.01. The largest absolute Gasteiger partial charge is 0.388 e. The minimum absolute atomic E-state index is 0.419. The van der Waals surface area contributed by atoms with E-state index >= 15 is 0 Å². The molecule has 0 saturated heterocycles. The zero-order chi connectivity index (χ0) is 10.4. The Morgan fingerprint density at radius 2 is 2.00 bits per heavy atom. The molecule has 1 nitrogen and oxygen atoms in total. The number of hydrogen-bond acceptors (Lipinski definition) is 1. The zero-order valence-electron chi connectivity index (χ0n) is 8.53. The highest BCUT2D eigenvalue weighted by molar-refractivity contribution is 5.24. The second-order valence-electron chi connectivity index (χ2n) is 3.35. The molecule has 74 valence electrons. The predicted octanol–water partition coefficient (Wildman–Crippen LogP) is 2.70. The van der Waals surface area contributed by atoms with Gasteiger partial charge in [0.25, 0.3) is 0 Å². The predicted molar refractivity (Wildman–Crippen MR) is 58.8 cm³/mol. The first-order chi connectivity index (χ1) is 6.77. The van der Waals surface area contributed by atoms with Crippen molar-refractivity contribution in [2.75, 3.05) is 0 Å². The highest BCUT2D eigenvalue weighted by Gasteiger charge is 2.05. The van der Waals surface area contributed by atoms with Crippen molar-refractivity contribution < 1.29 is 5.11 Å². The summed E-state index contributed by atoms with van der Waals surface area (Å²) < 4.78 is 0. The van der Waals surface area contributed by atoms with Gasteiger partial charge in [-0.05, 0) is 24.0 Å². The molecule has 1 heteroatoms. The third-order valence-electron chi connectivity index (χ3n) is 2.33. The van der Waals surface area contributed by atoms with Crippen molar-refractivity contribution >= 4 is 0 Å². The molecular weight excluding hydrogens is 172 g/mol. The number of terminal acetylenes is 1. The van der Waals surface area contributed by atoms with Crippen LogP contribution in [0.25, 0.3) is 0 Å². The van der Waals surface area contributed by atoms with Crippen LogP contribution in [0, 0.1) is 12.3 Å². The van der Waals surface area contributed by atoms with E-state index in [1.807, 2.05) is 12.1 Å². The molecule has 0 fully saturated rings. The first-order valence-electron chi connectivity index (χ1n) is 4.98. The van der Waals surface area contributed by atoms with E-state index in [0.29, 0.717) is 12.8 Å². The van der Waals surface area contributed by atoms with Crippen molar-refractivity contribution in [1.29, 1.82) is 0 Å². The highest BCUT2D eigenvalue weighted by atomic mass is 16.3. The van der Waals surface area contributed by atoms with Gasteiger partial charge in [0.2, 0.25) is 0 Å².